The average Bonchev–Trinajstić information content (AvgIpc) is 2.75. The van der Waals surface area contributed by atoms with Crippen molar-refractivity contribution in [2.45, 2.75) is 20.8 Å². The van der Waals surface area contributed by atoms with Crippen LogP contribution in [0.25, 0.3) is 0 Å². The Labute approximate surface area is 120 Å². The summed E-state index contributed by atoms with van der Waals surface area (Å²) in [6, 6.07) is 6.28. The van der Waals surface area contributed by atoms with E-state index >= 15 is 0 Å². The molecule has 2 rings (SSSR count). The van der Waals surface area contributed by atoms with Crippen molar-refractivity contribution in [2.75, 3.05) is 5.43 Å². The molecule has 0 bridgehead atoms. The summed E-state index contributed by atoms with van der Waals surface area (Å²) in [6.07, 6.45) is 0. The zero-order chi connectivity index (χ0) is 14.7. The highest BCUT2D eigenvalue weighted by Crippen LogP contribution is 2.21. The zero-order valence-electron chi connectivity index (χ0n) is 11.4. The Morgan fingerprint density at radius 2 is 2.00 bits per heavy atom. The van der Waals surface area contributed by atoms with E-state index < -0.39 is 4.92 Å². The quantitative estimate of drug-likeness (QED) is 0.531. The highest BCUT2D eigenvalue weighted by atomic mass is 32.1. The summed E-state index contributed by atoms with van der Waals surface area (Å²) in [6.45, 7) is 5.79. The highest BCUT2D eigenvalue weighted by Gasteiger charge is 2.06. The van der Waals surface area contributed by atoms with Gasteiger partial charge in [-0.2, -0.15) is 5.10 Å². The minimum Gasteiger partial charge on any atom is -0.258 e. The summed E-state index contributed by atoms with van der Waals surface area (Å²) in [5.41, 5.74) is 5.53. The van der Waals surface area contributed by atoms with Gasteiger partial charge >= 0.3 is 0 Å². The van der Waals surface area contributed by atoms with Crippen molar-refractivity contribution in [3.8, 4) is 0 Å². The van der Waals surface area contributed by atoms with Gasteiger partial charge < -0.3 is 0 Å². The van der Waals surface area contributed by atoms with Crippen LogP contribution >= 0.6 is 11.3 Å². The molecule has 7 heteroatoms. The molecule has 0 aliphatic carbocycles. The zero-order valence-corrected chi connectivity index (χ0v) is 12.2. The second-order valence-electron chi connectivity index (χ2n) is 4.27. The molecular formula is C13H14N4O2S. The van der Waals surface area contributed by atoms with Crippen molar-refractivity contribution >= 4 is 27.9 Å². The molecule has 20 heavy (non-hydrogen) atoms. The van der Waals surface area contributed by atoms with Crippen LogP contribution in [0.3, 0.4) is 0 Å². The lowest BCUT2D eigenvalue weighted by atomic mass is 10.1. The number of rotatable bonds is 4. The molecule has 1 N–H and O–H groups in total. The monoisotopic (exact) mass is 290 g/mol. The summed E-state index contributed by atoms with van der Waals surface area (Å²) >= 11 is 1.54. The van der Waals surface area contributed by atoms with Crippen molar-refractivity contribution in [2.24, 2.45) is 5.10 Å². The molecule has 0 unspecified atom stereocenters. The number of aromatic nitrogens is 1. The standard InChI is InChI=1S/C13H14N4O2S/c1-8-10(3)20-13(14-8)16-15-9(2)11-4-6-12(7-5-11)17(18)19/h4-7H,1-3H3,(H,14,16)/b15-9-. The van der Waals surface area contributed by atoms with Gasteiger partial charge in [-0.25, -0.2) is 4.98 Å². The number of hydrogen-bond donors (Lipinski definition) is 1. The third kappa shape index (κ3) is 3.18. The number of non-ortho nitro benzene ring substituents is 1. The van der Waals surface area contributed by atoms with Crippen LogP contribution in [-0.2, 0) is 0 Å². The largest absolute Gasteiger partial charge is 0.269 e. The maximum absolute atomic E-state index is 10.6. The average molecular weight is 290 g/mol. The molecule has 0 aliphatic rings. The number of nitro groups is 1. The molecule has 0 saturated heterocycles. The van der Waals surface area contributed by atoms with Crippen LogP contribution < -0.4 is 5.43 Å². The Morgan fingerprint density at radius 3 is 2.50 bits per heavy atom. The Morgan fingerprint density at radius 1 is 1.35 bits per heavy atom. The maximum Gasteiger partial charge on any atom is 0.269 e. The molecule has 0 amide bonds. The molecule has 0 saturated carbocycles. The SMILES string of the molecule is C/C(=N/Nc1nc(C)c(C)s1)c1ccc([N+](=O)[O-])cc1. The number of benzene rings is 1. The lowest BCUT2D eigenvalue weighted by Crippen LogP contribution is -2.00. The van der Waals surface area contributed by atoms with Crippen LogP contribution in [0.5, 0.6) is 0 Å². The van der Waals surface area contributed by atoms with E-state index in [4.69, 9.17) is 0 Å². The van der Waals surface area contributed by atoms with Crippen LogP contribution in [0.4, 0.5) is 10.8 Å². The normalized spacial score (nSPS) is 11.4. The first-order valence-electron chi connectivity index (χ1n) is 5.96. The van der Waals surface area contributed by atoms with Crippen LogP contribution in [0.1, 0.15) is 23.1 Å². The molecule has 1 aromatic heterocycles. The number of hydrogen-bond acceptors (Lipinski definition) is 6. The van der Waals surface area contributed by atoms with Gasteiger partial charge in [-0.15, -0.1) is 11.3 Å². The van der Waals surface area contributed by atoms with Gasteiger partial charge in [0.05, 0.1) is 16.3 Å². The van der Waals surface area contributed by atoms with Gasteiger partial charge in [0.2, 0.25) is 5.13 Å². The molecular weight excluding hydrogens is 276 g/mol. The third-order valence-corrected chi connectivity index (χ3v) is 3.82. The fraction of sp³-hybridized carbons (Fsp3) is 0.231. The Bertz CT molecular complexity index is 642. The van der Waals surface area contributed by atoms with Gasteiger partial charge in [0, 0.05) is 17.0 Å². The van der Waals surface area contributed by atoms with E-state index in [9.17, 15) is 10.1 Å². The van der Waals surface area contributed by atoms with E-state index in [0.717, 1.165) is 27.0 Å². The van der Waals surface area contributed by atoms with Crippen LogP contribution in [0.15, 0.2) is 29.4 Å². The summed E-state index contributed by atoms with van der Waals surface area (Å²) in [5.74, 6) is 0. The Hall–Kier alpha value is -2.28. The van der Waals surface area contributed by atoms with E-state index in [-0.39, 0.29) is 5.69 Å². The van der Waals surface area contributed by atoms with Gasteiger partial charge in [0.25, 0.3) is 5.69 Å². The molecule has 0 aliphatic heterocycles. The summed E-state index contributed by atoms with van der Waals surface area (Å²) in [7, 11) is 0. The van der Waals surface area contributed by atoms with E-state index in [0.29, 0.717) is 0 Å². The number of thiazole rings is 1. The van der Waals surface area contributed by atoms with E-state index in [1.165, 1.54) is 23.5 Å². The van der Waals surface area contributed by atoms with Crippen molar-refractivity contribution in [1.29, 1.82) is 0 Å². The second-order valence-corrected chi connectivity index (χ2v) is 5.48. The van der Waals surface area contributed by atoms with Gasteiger partial charge in [0.15, 0.2) is 0 Å². The molecule has 0 atom stereocenters. The first-order chi connectivity index (χ1) is 9.47. The number of hydrazone groups is 1. The van der Waals surface area contributed by atoms with Crippen LogP contribution in [-0.4, -0.2) is 15.6 Å². The number of aryl methyl sites for hydroxylation is 2. The Kier molecular flexibility index (Phi) is 4.09. The summed E-state index contributed by atoms with van der Waals surface area (Å²) in [4.78, 5) is 15.6. The number of nitrogens with zero attached hydrogens (tertiary/aromatic N) is 3. The topological polar surface area (TPSA) is 80.4 Å². The molecule has 0 spiro atoms. The third-order valence-electron chi connectivity index (χ3n) is 2.84. The highest BCUT2D eigenvalue weighted by molar-refractivity contribution is 7.15. The smallest absolute Gasteiger partial charge is 0.258 e. The van der Waals surface area contributed by atoms with Crippen LogP contribution in [0, 0.1) is 24.0 Å². The van der Waals surface area contributed by atoms with E-state index in [2.05, 4.69) is 15.5 Å². The second kappa shape index (κ2) is 5.79. The molecule has 104 valence electrons. The Balaban J connectivity index is 2.11. The molecule has 1 aromatic carbocycles. The van der Waals surface area contributed by atoms with Crippen molar-refractivity contribution in [3.05, 3.63) is 50.5 Å². The number of nitro benzene ring substituents is 1. The minimum absolute atomic E-state index is 0.0701. The first-order valence-corrected chi connectivity index (χ1v) is 6.78. The predicted octanol–water partition coefficient (Wildman–Crippen LogP) is 3.50. The summed E-state index contributed by atoms with van der Waals surface area (Å²) in [5, 5.41) is 15.6. The van der Waals surface area contributed by atoms with E-state index in [1.807, 2.05) is 20.8 Å². The lowest BCUT2D eigenvalue weighted by Gasteiger charge is -2.01. The molecule has 2 aromatic rings. The number of anilines is 1. The van der Waals surface area contributed by atoms with Gasteiger partial charge in [-0.1, -0.05) is 0 Å². The van der Waals surface area contributed by atoms with Gasteiger partial charge in [-0.3, -0.25) is 15.5 Å². The lowest BCUT2D eigenvalue weighted by molar-refractivity contribution is -0.384. The van der Waals surface area contributed by atoms with Gasteiger partial charge in [0.1, 0.15) is 0 Å². The van der Waals surface area contributed by atoms with Crippen molar-refractivity contribution in [3.63, 3.8) is 0 Å². The fourth-order valence-corrected chi connectivity index (χ4v) is 2.30. The predicted molar refractivity (Wildman–Crippen MR) is 80.5 cm³/mol. The molecule has 6 nitrogen and oxygen atoms in total. The van der Waals surface area contributed by atoms with Crippen molar-refractivity contribution in [1.82, 2.24) is 4.98 Å². The van der Waals surface area contributed by atoms with Gasteiger partial charge in [-0.05, 0) is 38.5 Å². The van der Waals surface area contributed by atoms with Crippen LogP contribution in [0.2, 0.25) is 0 Å². The molecule has 1 heterocycles. The van der Waals surface area contributed by atoms with E-state index in [1.54, 1.807) is 12.1 Å². The molecule has 0 radical (unpaired) electrons. The summed E-state index contributed by atoms with van der Waals surface area (Å²) < 4.78 is 0. The van der Waals surface area contributed by atoms with Crippen molar-refractivity contribution < 1.29 is 4.92 Å². The first kappa shape index (κ1) is 14.1. The minimum atomic E-state index is -0.421. The fourth-order valence-electron chi connectivity index (χ4n) is 1.54. The molecule has 0 fully saturated rings. The maximum atomic E-state index is 10.6. The number of nitrogens with one attached hydrogen (secondary N) is 1.